The SMILES string of the molecule is Cn1cc(Oc2nc(C(=O)O)ccc2N)cn1. The minimum absolute atomic E-state index is 0.0536. The number of anilines is 1. The molecule has 0 amide bonds. The highest BCUT2D eigenvalue weighted by molar-refractivity contribution is 5.86. The number of rotatable bonds is 3. The van der Waals surface area contributed by atoms with Gasteiger partial charge in [-0.1, -0.05) is 0 Å². The predicted octanol–water partition coefficient (Wildman–Crippen LogP) is 0.888. The van der Waals surface area contributed by atoms with Crippen molar-refractivity contribution in [1.82, 2.24) is 14.8 Å². The van der Waals surface area contributed by atoms with Crippen molar-refractivity contribution in [3.8, 4) is 11.6 Å². The zero-order valence-corrected chi connectivity index (χ0v) is 8.99. The molecular formula is C10H10N4O3. The van der Waals surface area contributed by atoms with E-state index in [2.05, 4.69) is 10.1 Å². The monoisotopic (exact) mass is 234 g/mol. The number of aryl methyl sites for hydroxylation is 1. The second-order valence-electron chi connectivity index (χ2n) is 3.35. The summed E-state index contributed by atoms with van der Waals surface area (Å²) in [5.41, 5.74) is 5.77. The van der Waals surface area contributed by atoms with Crippen molar-refractivity contribution in [2.24, 2.45) is 7.05 Å². The molecule has 88 valence electrons. The molecule has 0 aromatic carbocycles. The van der Waals surface area contributed by atoms with Crippen LogP contribution < -0.4 is 10.5 Å². The molecule has 0 aliphatic rings. The van der Waals surface area contributed by atoms with E-state index in [0.29, 0.717) is 5.75 Å². The number of pyridine rings is 1. The van der Waals surface area contributed by atoms with E-state index in [9.17, 15) is 4.79 Å². The van der Waals surface area contributed by atoms with Gasteiger partial charge in [0, 0.05) is 7.05 Å². The quantitative estimate of drug-likeness (QED) is 0.817. The van der Waals surface area contributed by atoms with Crippen LogP contribution in [0, 0.1) is 0 Å². The van der Waals surface area contributed by atoms with Crippen molar-refractivity contribution in [2.45, 2.75) is 0 Å². The first-order valence-electron chi connectivity index (χ1n) is 4.72. The summed E-state index contributed by atoms with van der Waals surface area (Å²) in [6, 6.07) is 2.75. The fraction of sp³-hybridized carbons (Fsp3) is 0.100. The van der Waals surface area contributed by atoms with Gasteiger partial charge in [0.05, 0.1) is 18.1 Å². The Morgan fingerprint density at radius 1 is 1.53 bits per heavy atom. The van der Waals surface area contributed by atoms with Gasteiger partial charge in [0.1, 0.15) is 0 Å². The summed E-state index contributed by atoms with van der Waals surface area (Å²) in [5.74, 6) is -0.645. The van der Waals surface area contributed by atoms with Crippen LogP contribution in [0.4, 0.5) is 5.69 Å². The third kappa shape index (κ3) is 2.33. The number of nitrogens with two attached hydrogens (primary N) is 1. The van der Waals surface area contributed by atoms with Crippen LogP contribution in [0.15, 0.2) is 24.5 Å². The first-order valence-corrected chi connectivity index (χ1v) is 4.72. The Morgan fingerprint density at radius 2 is 2.29 bits per heavy atom. The third-order valence-corrected chi connectivity index (χ3v) is 2.00. The lowest BCUT2D eigenvalue weighted by Crippen LogP contribution is -2.03. The predicted molar refractivity (Wildman–Crippen MR) is 58.9 cm³/mol. The molecule has 0 aliphatic carbocycles. The van der Waals surface area contributed by atoms with E-state index in [1.165, 1.54) is 18.3 Å². The van der Waals surface area contributed by atoms with Crippen molar-refractivity contribution in [2.75, 3.05) is 5.73 Å². The van der Waals surface area contributed by atoms with Crippen LogP contribution in [0.2, 0.25) is 0 Å². The lowest BCUT2D eigenvalue weighted by Gasteiger charge is -2.05. The van der Waals surface area contributed by atoms with Gasteiger partial charge in [-0.3, -0.25) is 4.68 Å². The molecule has 3 N–H and O–H groups in total. The summed E-state index contributed by atoms with van der Waals surface area (Å²) in [4.78, 5) is 14.5. The van der Waals surface area contributed by atoms with E-state index in [1.807, 2.05) is 0 Å². The molecule has 0 fully saturated rings. The molecule has 0 unspecified atom stereocenters. The Morgan fingerprint density at radius 3 is 2.88 bits per heavy atom. The highest BCUT2D eigenvalue weighted by atomic mass is 16.5. The van der Waals surface area contributed by atoms with Crippen LogP contribution in [-0.4, -0.2) is 25.8 Å². The summed E-state index contributed by atoms with van der Waals surface area (Å²) >= 11 is 0. The molecule has 0 spiro atoms. The van der Waals surface area contributed by atoms with Crippen molar-refractivity contribution < 1.29 is 14.6 Å². The largest absolute Gasteiger partial charge is 0.477 e. The van der Waals surface area contributed by atoms with Gasteiger partial charge in [-0.25, -0.2) is 9.78 Å². The molecule has 0 atom stereocenters. The smallest absolute Gasteiger partial charge is 0.354 e. The number of hydrogen-bond acceptors (Lipinski definition) is 5. The Kier molecular flexibility index (Phi) is 2.65. The molecule has 2 heterocycles. The van der Waals surface area contributed by atoms with E-state index in [-0.39, 0.29) is 17.3 Å². The Bertz CT molecular complexity index is 564. The van der Waals surface area contributed by atoms with Crippen LogP contribution in [0.5, 0.6) is 11.6 Å². The maximum absolute atomic E-state index is 10.7. The van der Waals surface area contributed by atoms with Gasteiger partial charge in [0.2, 0.25) is 5.88 Å². The van der Waals surface area contributed by atoms with E-state index in [0.717, 1.165) is 0 Å². The standard InChI is InChI=1S/C10H10N4O3/c1-14-5-6(4-12-14)17-9-7(11)2-3-8(13-9)10(15)16/h2-5H,11H2,1H3,(H,15,16). The first-order chi connectivity index (χ1) is 8.06. The van der Waals surface area contributed by atoms with Gasteiger partial charge in [0.15, 0.2) is 11.4 Å². The minimum atomic E-state index is -1.14. The number of ether oxygens (including phenoxy) is 1. The third-order valence-electron chi connectivity index (χ3n) is 2.00. The summed E-state index contributed by atoms with van der Waals surface area (Å²) in [5, 5.41) is 12.7. The molecule has 2 rings (SSSR count). The van der Waals surface area contributed by atoms with Crippen molar-refractivity contribution >= 4 is 11.7 Å². The molecule has 17 heavy (non-hydrogen) atoms. The normalized spacial score (nSPS) is 10.2. The Hall–Kier alpha value is -2.57. The summed E-state index contributed by atoms with van der Waals surface area (Å²) in [7, 11) is 1.73. The average molecular weight is 234 g/mol. The molecule has 2 aromatic rings. The summed E-state index contributed by atoms with van der Waals surface area (Å²) < 4.78 is 6.89. The van der Waals surface area contributed by atoms with Gasteiger partial charge in [-0.05, 0) is 12.1 Å². The second kappa shape index (κ2) is 4.12. The molecule has 0 aliphatic heterocycles. The number of hydrogen-bond donors (Lipinski definition) is 2. The van der Waals surface area contributed by atoms with Crippen LogP contribution in [0.3, 0.4) is 0 Å². The van der Waals surface area contributed by atoms with Gasteiger partial charge in [-0.2, -0.15) is 5.10 Å². The zero-order valence-electron chi connectivity index (χ0n) is 8.99. The Balaban J connectivity index is 2.31. The molecule has 0 radical (unpaired) electrons. The van der Waals surface area contributed by atoms with Gasteiger partial charge in [0.25, 0.3) is 0 Å². The number of carbonyl (C=O) groups is 1. The molecule has 7 nitrogen and oxygen atoms in total. The number of carboxylic acid groups (broad SMARTS) is 1. The van der Waals surface area contributed by atoms with Gasteiger partial charge in [-0.15, -0.1) is 0 Å². The van der Waals surface area contributed by atoms with Crippen molar-refractivity contribution in [3.05, 3.63) is 30.2 Å². The molecule has 7 heteroatoms. The van der Waals surface area contributed by atoms with E-state index >= 15 is 0 Å². The van der Waals surface area contributed by atoms with Crippen LogP contribution >= 0.6 is 0 Å². The van der Waals surface area contributed by atoms with Crippen LogP contribution in [0.1, 0.15) is 10.5 Å². The maximum Gasteiger partial charge on any atom is 0.354 e. The van der Waals surface area contributed by atoms with E-state index in [1.54, 1.807) is 17.9 Å². The highest BCUT2D eigenvalue weighted by Gasteiger charge is 2.11. The van der Waals surface area contributed by atoms with Gasteiger partial charge >= 0.3 is 5.97 Å². The first kappa shape index (κ1) is 10.9. The highest BCUT2D eigenvalue weighted by Crippen LogP contribution is 2.24. The summed E-state index contributed by atoms with van der Waals surface area (Å²) in [6.07, 6.45) is 3.10. The topological polar surface area (TPSA) is 103 Å². The Labute approximate surface area is 96.5 Å². The molecular weight excluding hydrogens is 224 g/mol. The molecule has 0 bridgehead atoms. The minimum Gasteiger partial charge on any atom is -0.477 e. The molecule has 0 saturated heterocycles. The number of aromatic nitrogens is 3. The van der Waals surface area contributed by atoms with Crippen molar-refractivity contribution in [1.29, 1.82) is 0 Å². The fourth-order valence-electron chi connectivity index (χ4n) is 1.22. The van der Waals surface area contributed by atoms with E-state index < -0.39 is 5.97 Å². The van der Waals surface area contributed by atoms with Gasteiger partial charge < -0.3 is 15.6 Å². The number of nitrogens with zero attached hydrogens (tertiary/aromatic N) is 3. The number of carboxylic acids is 1. The van der Waals surface area contributed by atoms with E-state index in [4.69, 9.17) is 15.6 Å². The number of aromatic carboxylic acids is 1. The molecule has 2 aromatic heterocycles. The fourth-order valence-corrected chi connectivity index (χ4v) is 1.22. The second-order valence-corrected chi connectivity index (χ2v) is 3.35. The summed E-state index contributed by atoms with van der Waals surface area (Å²) in [6.45, 7) is 0. The van der Waals surface area contributed by atoms with Crippen molar-refractivity contribution in [3.63, 3.8) is 0 Å². The lowest BCUT2D eigenvalue weighted by molar-refractivity contribution is 0.0689. The molecule has 0 saturated carbocycles. The van der Waals surface area contributed by atoms with Crippen LogP contribution in [0.25, 0.3) is 0 Å². The lowest BCUT2D eigenvalue weighted by atomic mass is 10.3. The zero-order chi connectivity index (χ0) is 12.4. The maximum atomic E-state index is 10.7. The van der Waals surface area contributed by atoms with Crippen LogP contribution in [-0.2, 0) is 7.05 Å². The average Bonchev–Trinajstić information content (AvgIpc) is 2.67. The number of nitrogen functional groups attached to an aromatic ring is 1.